The number of carbonyl (C=O) groups excluding carboxylic acids is 2. The number of likely N-dealkylation sites (tertiary alicyclic amines) is 1. The van der Waals surface area contributed by atoms with Gasteiger partial charge in [-0.3, -0.25) is 4.79 Å². The fraction of sp³-hybridized carbons (Fsp3) is 0.636. The number of nitrogens with one attached hydrogen (secondary N) is 1. The molecule has 0 atom stereocenters. The molecule has 0 aliphatic carbocycles. The van der Waals surface area contributed by atoms with Crippen molar-refractivity contribution in [1.29, 1.82) is 0 Å². The van der Waals surface area contributed by atoms with Gasteiger partial charge in [0.05, 0.1) is 18.0 Å². The van der Waals surface area contributed by atoms with Crippen LogP contribution in [0.25, 0.3) is 5.65 Å². The lowest BCUT2D eigenvalue weighted by molar-refractivity contribution is 0.00738. The van der Waals surface area contributed by atoms with Gasteiger partial charge in [-0.2, -0.15) is 5.10 Å². The third kappa shape index (κ3) is 4.91. The van der Waals surface area contributed by atoms with Crippen LogP contribution in [-0.4, -0.2) is 56.9 Å². The van der Waals surface area contributed by atoms with E-state index in [-0.39, 0.29) is 23.1 Å². The van der Waals surface area contributed by atoms with Crippen molar-refractivity contribution in [2.45, 2.75) is 71.8 Å². The fourth-order valence-corrected chi connectivity index (χ4v) is 3.71. The summed E-state index contributed by atoms with van der Waals surface area (Å²) in [5.41, 5.74) is 1.09. The Kier molecular flexibility index (Phi) is 6.71. The lowest BCUT2D eigenvalue weighted by Gasteiger charge is -2.34. The Morgan fingerprint density at radius 3 is 2.55 bits per heavy atom. The number of carbonyl (C=O) groups is 2. The lowest BCUT2D eigenvalue weighted by Crippen LogP contribution is -2.42. The van der Waals surface area contributed by atoms with Gasteiger partial charge in [0.2, 0.25) is 0 Å². The van der Waals surface area contributed by atoms with E-state index in [0.717, 1.165) is 12.1 Å². The van der Waals surface area contributed by atoms with Crippen molar-refractivity contribution in [3.05, 3.63) is 33.4 Å². The second kappa shape index (κ2) is 9.11. The average molecular weight is 433 g/mol. The Morgan fingerprint density at radius 2 is 1.94 bits per heavy atom. The largest absolute Gasteiger partial charge is 0.462 e. The molecule has 2 aromatic heterocycles. The summed E-state index contributed by atoms with van der Waals surface area (Å²) in [6.45, 7) is 10.8. The number of nitrogens with zero attached hydrogens (tertiary/aromatic N) is 3. The van der Waals surface area contributed by atoms with Crippen LogP contribution in [0, 0.1) is 6.92 Å². The van der Waals surface area contributed by atoms with Gasteiger partial charge < -0.3 is 19.4 Å². The predicted molar refractivity (Wildman–Crippen MR) is 116 cm³/mol. The number of fused-ring (bicyclic) bond motifs is 1. The molecule has 0 radical (unpaired) electrons. The molecule has 9 nitrogen and oxygen atoms in total. The summed E-state index contributed by atoms with van der Waals surface area (Å²) < 4.78 is 12.5. The van der Waals surface area contributed by atoms with Gasteiger partial charge in [-0.25, -0.2) is 14.1 Å². The van der Waals surface area contributed by atoms with Crippen LogP contribution in [0.1, 0.15) is 81.0 Å². The van der Waals surface area contributed by atoms with Gasteiger partial charge in [-0.1, -0.05) is 13.8 Å². The molecule has 0 saturated carbocycles. The highest BCUT2D eigenvalue weighted by Crippen LogP contribution is 2.29. The van der Waals surface area contributed by atoms with Gasteiger partial charge in [-0.15, -0.1) is 0 Å². The van der Waals surface area contributed by atoms with Gasteiger partial charge in [-0.05, 0) is 46.5 Å². The number of rotatable bonds is 6. The zero-order chi connectivity index (χ0) is 22.8. The quantitative estimate of drug-likeness (QED) is 0.701. The molecule has 31 heavy (non-hydrogen) atoms. The SMILES string of the molecule is CCCOC(=O)c1c(C)nn2c(C3CCN(C(=O)OC(C)(C)CC)CC3)cc(=O)[nH]c12. The van der Waals surface area contributed by atoms with Gasteiger partial charge in [0.15, 0.2) is 5.65 Å². The standard InChI is InChI=1S/C22H32N4O5/c1-6-12-30-20(28)18-14(3)24-26-16(13-17(27)23-19(18)26)15-8-10-25(11-9-15)21(29)31-22(4,5)7-2/h13,15H,6-12H2,1-5H3,(H,23,27). The zero-order valence-corrected chi connectivity index (χ0v) is 19.0. The Balaban J connectivity index is 1.82. The number of H-pyrrole nitrogens is 1. The second-order valence-corrected chi connectivity index (χ2v) is 8.66. The van der Waals surface area contributed by atoms with Crippen LogP contribution in [0.4, 0.5) is 4.79 Å². The number of ether oxygens (including phenoxy) is 2. The maximum absolute atomic E-state index is 12.5. The molecule has 1 saturated heterocycles. The summed E-state index contributed by atoms with van der Waals surface area (Å²) in [7, 11) is 0. The van der Waals surface area contributed by atoms with Gasteiger partial charge in [0.25, 0.3) is 5.56 Å². The highest BCUT2D eigenvalue weighted by Gasteiger charge is 2.31. The summed E-state index contributed by atoms with van der Waals surface area (Å²) in [6, 6.07) is 1.53. The van der Waals surface area contributed by atoms with Crippen molar-refractivity contribution in [2.75, 3.05) is 19.7 Å². The molecule has 2 aromatic rings. The summed E-state index contributed by atoms with van der Waals surface area (Å²) in [5.74, 6) is -0.454. The van der Waals surface area contributed by atoms with E-state index in [1.165, 1.54) is 6.07 Å². The first-order valence-electron chi connectivity index (χ1n) is 10.9. The Morgan fingerprint density at radius 1 is 1.26 bits per heavy atom. The first kappa shape index (κ1) is 22.8. The topological polar surface area (TPSA) is 106 Å². The highest BCUT2D eigenvalue weighted by atomic mass is 16.6. The van der Waals surface area contributed by atoms with Gasteiger partial charge >= 0.3 is 12.1 Å². The summed E-state index contributed by atoms with van der Waals surface area (Å²) in [4.78, 5) is 41.8. The maximum Gasteiger partial charge on any atom is 0.410 e. The first-order valence-corrected chi connectivity index (χ1v) is 10.9. The number of aryl methyl sites for hydroxylation is 1. The minimum atomic E-state index is -0.498. The van der Waals surface area contributed by atoms with Crippen LogP contribution >= 0.6 is 0 Å². The smallest absolute Gasteiger partial charge is 0.410 e. The van der Waals surface area contributed by atoms with E-state index in [1.54, 1.807) is 16.3 Å². The summed E-state index contributed by atoms with van der Waals surface area (Å²) in [6.07, 6.45) is 2.49. The molecular formula is C22H32N4O5. The molecule has 0 aromatic carbocycles. The molecule has 0 spiro atoms. The van der Waals surface area contributed by atoms with E-state index in [1.807, 2.05) is 27.7 Å². The molecule has 3 heterocycles. The molecule has 0 bridgehead atoms. The minimum Gasteiger partial charge on any atom is -0.462 e. The van der Waals surface area contributed by atoms with Crippen molar-refractivity contribution in [3.8, 4) is 0 Å². The Bertz CT molecular complexity index is 1010. The molecule has 1 aliphatic heterocycles. The number of esters is 1. The number of aromatic amines is 1. The molecule has 1 amide bonds. The van der Waals surface area contributed by atoms with Crippen molar-refractivity contribution in [1.82, 2.24) is 19.5 Å². The zero-order valence-electron chi connectivity index (χ0n) is 19.0. The molecule has 0 unspecified atom stereocenters. The Hall–Kier alpha value is -2.84. The fourth-order valence-electron chi connectivity index (χ4n) is 3.71. The van der Waals surface area contributed by atoms with E-state index in [9.17, 15) is 14.4 Å². The van der Waals surface area contributed by atoms with Crippen molar-refractivity contribution >= 4 is 17.7 Å². The summed E-state index contributed by atoms with van der Waals surface area (Å²) >= 11 is 0. The van der Waals surface area contributed by atoms with Crippen molar-refractivity contribution < 1.29 is 19.1 Å². The normalized spacial score (nSPS) is 15.3. The summed E-state index contributed by atoms with van der Waals surface area (Å²) in [5, 5.41) is 4.51. The Labute approximate surface area is 181 Å². The molecule has 3 rings (SSSR count). The molecule has 1 aliphatic rings. The molecule has 170 valence electrons. The van der Waals surface area contributed by atoms with E-state index in [2.05, 4.69) is 10.1 Å². The van der Waals surface area contributed by atoms with Gasteiger partial charge in [0, 0.05) is 25.1 Å². The molecule has 1 N–H and O–H groups in total. The van der Waals surface area contributed by atoms with Crippen LogP contribution in [0.15, 0.2) is 10.9 Å². The predicted octanol–water partition coefficient (Wildman–Crippen LogP) is 3.40. The third-order valence-corrected chi connectivity index (χ3v) is 5.85. The van der Waals surface area contributed by atoms with Crippen LogP contribution in [-0.2, 0) is 9.47 Å². The lowest BCUT2D eigenvalue weighted by atomic mass is 9.93. The number of hydrogen-bond acceptors (Lipinski definition) is 6. The van der Waals surface area contributed by atoms with Gasteiger partial charge in [0.1, 0.15) is 11.2 Å². The first-order chi connectivity index (χ1) is 14.7. The molecule has 1 fully saturated rings. The maximum atomic E-state index is 12.5. The second-order valence-electron chi connectivity index (χ2n) is 8.66. The number of amides is 1. The number of piperidine rings is 1. The molecular weight excluding hydrogens is 400 g/mol. The van der Waals surface area contributed by atoms with Crippen LogP contribution < -0.4 is 5.56 Å². The van der Waals surface area contributed by atoms with Crippen molar-refractivity contribution in [2.24, 2.45) is 0 Å². The third-order valence-electron chi connectivity index (χ3n) is 5.85. The molecule has 9 heteroatoms. The minimum absolute atomic E-state index is 0.0341. The average Bonchev–Trinajstić information content (AvgIpc) is 3.06. The van der Waals surface area contributed by atoms with E-state index < -0.39 is 11.6 Å². The van der Waals surface area contributed by atoms with Crippen molar-refractivity contribution in [3.63, 3.8) is 0 Å². The van der Waals surface area contributed by atoms with Crippen LogP contribution in [0.3, 0.4) is 0 Å². The monoisotopic (exact) mass is 432 g/mol. The van der Waals surface area contributed by atoms with E-state index in [4.69, 9.17) is 9.47 Å². The van der Waals surface area contributed by atoms with Crippen LogP contribution in [0.2, 0.25) is 0 Å². The van der Waals surface area contributed by atoms with E-state index >= 15 is 0 Å². The van der Waals surface area contributed by atoms with Crippen LogP contribution in [0.5, 0.6) is 0 Å². The number of aromatic nitrogens is 3. The number of hydrogen-bond donors (Lipinski definition) is 1. The highest BCUT2D eigenvalue weighted by molar-refractivity contribution is 5.97. The van der Waals surface area contributed by atoms with E-state index in [0.29, 0.717) is 50.3 Å².